The zero-order valence-electron chi connectivity index (χ0n) is 14.7. The highest BCUT2D eigenvalue weighted by Crippen LogP contribution is 2.35. The Morgan fingerprint density at radius 3 is 2.85 bits per heavy atom. The minimum absolute atomic E-state index is 0.437. The minimum atomic E-state index is 0.437. The lowest BCUT2D eigenvalue weighted by Crippen LogP contribution is -2.29. The Bertz CT molecular complexity index is 1000. The van der Waals surface area contributed by atoms with E-state index in [1.165, 1.54) is 7.11 Å². The average molecular weight is 359 g/mol. The van der Waals surface area contributed by atoms with Crippen molar-refractivity contribution in [1.29, 1.82) is 5.26 Å². The number of para-hydroxylation sites is 1. The number of ether oxygens (including phenoxy) is 2. The zero-order valence-corrected chi connectivity index (χ0v) is 14.7. The number of nitriles is 1. The number of hydrogen-bond acceptors (Lipinski definition) is 7. The van der Waals surface area contributed by atoms with Gasteiger partial charge in [0.1, 0.15) is 18.4 Å². The first kappa shape index (κ1) is 16.7. The van der Waals surface area contributed by atoms with Gasteiger partial charge in [-0.15, -0.1) is 0 Å². The van der Waals surface area contributed by atoms with E-state index in [9.17, 15) is 0 Å². The Morgan fingerprint density at radius 1 is 1.22 bits per heavy atom. The largest absolute Gasteiger partial charge is 0.495 e. The molecule has 0 radical (unpaired) electrons. The normalized spacial score (nSPS) is 12.5. The van der Waals surface area contributed by atoms with Gasteiger partial charge in [0.25, 0.3) is 0 Å². The number of aromatic nitrogens is 2. The topological polar surface area (TPSA) is 83.3 Å². The minimum Gasteiger partial charge on any atom is -0.495 e. The molecule has 27 heavy (non-hydrogen) atoms. The number of hydrogen-bond donors (Lipinski definition) is 1. The molecule has 1 aromatic heterocycles. The van der Waals surface area contributed by atoms with E-state index in [-0.39, 0.29) is 0 Å². The van der Waals surface area contributed by atoms with Crippen LogP contribution in [0.1, 0.15) is 5.56 Å². The van der Waals surface area contributed by atoms with E-state index >= 15 is 0 Å². The van der Waals surface area contributed by atoms with Crippen LogP contribution in [0.15, 0.2) is 54.7 Å². The Balaban J connectivity index is 1.65. The predicted octanol–water partition coefficient (Wildman–Crippen LogP) is 3.63. The van der Waals surface area contributed by atoms with Crippen molar-refractivity contribution in [3.63, 3.8) is 0 Å². The van der Waals surface area contributed by atoms with E-state index < -0.39 is 0 Å². The molecule has 0 spiro atoms. The van der Waals surface area contributed by atoms with Crippen molar-refractivity contribution in [3.05, 3.63) is 60.3 Å². The van der Waals surface area contributed by atoms with Crippen LogP contribution >= 0.6 is 0 Å². The second-order valence-corrected chi connectivity index (χ2v) is 5.87. The molecule has 1 aliphatic heterocycles. The molecule has 134 valence electrons. The van der Waals surface area contributed by atoms with Crippen LogP contribution in [0.2, 0.25) is 0 Å². The van der Waals surface area contributed by atoms with E-state index in [1.807, 2.05) is 30.3 Å². The monoisotopic (exact) mass is 359 g/mol. The first-order valence-electron chi connectivity index (χ1n) is 8.46. The highest BCUT2D eigenvalue weighted by Gasteiger charge is 2.22. The van der Waals surface area contributed by atoms with Crippen LogP contribution in [0.5, 0.6) is 11.5 Å². The van der Waals surface area contributed by atoms with Gasteiger partial charge in [-0.25, -0.2) is 4.98 Å². The van der Waals surface area contributed by atoms with Gasteiger partial charge in [-0.05, 0) is 24.3 Å². The Labute approximate surface area is 156 Å². The van der Waals surface area contributed by atoms with E-state index in [4.69, 9.17) is 14.7 Å². The smallest absolute Gasteiger partial charge is 0.229 e. The molecule has 2 heterocycles. The summed E-state index contributed by atoms with van der Waals surface area (Å²) in [6.45, 7) is 1.28. The molecule has 0 amide bonds. The van der Waals surface area contributed by atoms with Crippen molar-refractivity contribution in [1.82, 2.24) is 9.97 Å². The van der Waals surface area contributed by atoms with Crippen LogP contribution in [0.3, 0.4) is 0 Å². The van der Waals surface area contributed by atoms with E-state index in [1.54, 1.807) is 24.4 Å². The first-order chi connectivity index (χ1) is 13.3. The fourth-order valence-corrected chi connectivity index (χ4v) is 2.92. The number of anilines is 4. The Morgan fingerprint density at radius 2 is 2.07 bits per heavy atom. The number of rotatable bonds is 4. The van der Waals surface area contributed by atoms with Crippen molar-refractivity contribution in [2.45, 2.75) is 0 Å². The SMILES string of the molecule is COc1cc(Nc2ncc3c(n2)N(c2ccccc2)CCO3)ccc1C#N. The van der Waals surface area contributed by atoms with Gasteiger partial charge in [0, 0.05) is 17.4 Å². The van der Waals surface area contributed by atoms with Gasteiger partial charge in [0.15, 0.2) is 11.6 Å². The van der Waals surface area contributed by atoms with Crippen molar-refractivity contribution >= 4 is 23.1 Å². The van der Waals surface area contributed by atoms with E-state index in [0.29, 0.717) is 42.0 Å². The van der Waals surface area contributed by atoms with Crippen molar-refractivity contribution in [2.75, 3.05) is 30.5 Å². The van der Waals surface area contributed by atoms with Crippen LogP contribution < -0.4 is 19.7 Å². The molecule has 0 bridgehead atoms. The van der Waals surface area contributed by atoms with Gasteiger partial charge in [0.2, 0.25) is 5.95 Å². The third-order valence-electron chi connectivity index (χ3n) is 4.21. The van der Waals surface area contributed by atoms with Crippen LogP contribution in [0.4, 0.5) is 23.1 Å². The van der Waals surface area contributed by atoms with Crippen molar-refractivity contribution < 1.29 is 9.47 Å². The molecule has 0 aliphatic carbocycles. The van der Waals surface area contributed by atoms with E-state index in [0.717, 1.165) is 11.4 Å². The molecule has 0 saturated heterocycles. The average Bonchev–Trinajstić information content (AvgIpc) is 2.73. The quantitative estimate of drug-likeness (QED) is 0.761. The summed E-state index contributed by atoms with van der Waals surface area (Å²) in [7, 11) is 1.53. The summed E-state index contributed by atoms with van der Waals surface area (Å²) in [6, 6.07) is 17.4. The molecule has 0 atom stereocenters. The van der Waals surface area contributed by atoms with Gasteiger partial charge < -0.3 is 19.7 Å². The fraction of sp³-hybridized carbons (Fsp3) is 0.150. The molecule has 7 heteroatoms. The molecular weight excluding hydrogens is 342 g/mol. The van der Waals surface area contributed by atoms with Crippen LogP contribution in [0, 0.1) is 11.3 Å². The van der Waals surface area contributed by atoms with Gasteiger partial charge in [-0.2, -0.15) is 10.2 Å². The third kappa shape index (κ3) is 3.33. The first-order valence-corrected chi connectivity index (χ1v) is 8.46. The summed E-state index contributed by atoms with van der Waals surface area (Å²) < 4.78 is 10.9. The van der Waals surface area contributed by atoms with E-state index in [2.05, 4.69) is 26.3 Å². The molecule has 3 aromatic rings. The molecular formula is C20H17N5O2. The maximum Gasteiger partial charge on any atom is 0.229 e. The molecule has 0 saturated carbocycles. The third-order valence-corrected chi connectivity index (χ3v) is 4.21. The van der Waals surface area contributed by atoms with Crippen LogP contribution in [0.25, 0.3) is 0 Å². The lowest BCUT2D eigenvalue weighted by atomic mass is 10.2. The highest BCUT2D eigenvalue weighted by atomic mass is 16.5. The number of nitrogens with zero attached hydrogens (tertiary/aromatic N) is 4. The Hall–Kier alpha value is -3.79. The molecule has 2 aromatic carbocycles. The summed E-state index contributed by atoms with van der Waals surface area (Å²) in [5.74, 6) is 2.29. The second kappa shape index (κ2) is 7.22. The van der Waals surface area contributed by atoms with Gasteiger partial charge in [0.05, 0.1) is 25.4 Å². The van der Waals surface area contributed by atoms with Crippen LogP contribution in [-0.4, -0.2) is 30.2 Å². The molecule has 4 rings (SSSR count). The predicted molar refractivity (Wildman–Crippen MR) is 102 cm³/mol. The molecule has 1 N–H and O–H groups in total. The van der Waals surface area contributed by atoms with Crippen molar-refractivity contribution in [2.24, 2.45) is 0 Å². The standard InChI is InChI=1S/C20H17N5O2/c1-26-17-11-15(8-7-14(17)12-21)23-20-22-13-18-19(24-20)25(9-10-27-18)16-5-3-2-4-6-16/h2-8,11,13H,9-10H2,1H3,(H,22,23,24). The maximum atomic E-state index is 9.11. The summed E-state index contributed by atoms with van der Waals surface area (Å²) in [6.07, 6.45) is 1.67. The number of fused-ring (bicyclic) bond motifs is 1. The second-order valence-electron chi connectivity index (χ2n) is 5.87. The van der Waals surface area contributed by atoms with Gasteiger partial charge in [-0.3, -0.25) is 0 Å². The number of nitrogens with one attached hydrogen (secondary N) is 1. The zero-order chi connectivity index (χ0) is 18.6. The molecule has 7 nitrogen and oxygen atoms in total. The molecule has 0 unspecified atom stereocenters. The van der Waals surface area contributed by atoms with Gasteiger partial charge >= 0.3 is 0 Å². The fourth-order valence-electron chi connectivity index (χ4n) is 2.92. The Kier molecular flexibility index (Phi) is 4.45. The summed E-state index contributed by atoms with van der Waals surface area (Å²) in [4.78, 5) is 11.1. The van der Waals surface area contributed by atoms with Crippen molar-refractivity contribution in [3.8, 4) is 17.6 Å². The molecule has 0 fully saturated rings. The summed E-state index contributed by atoms with van der Waals surface area (Å²) in [5.41, 5.74) is 2.25. The molecule has 1 aliphatic rings. The van der Waals surface area contributed by atoms with Gasteiger partial charge in [-0.1, -0.05) is 18.2 Å². The lowest BCUT2D eigenvalue weighted by Gasteiger charge is -2.30. The lowest BCUT2D eigenvalue weighted by molar-refractivity contribution is 0.310. The maximum absolute atomic E-state index is 9.11. The summed E-state index contributed by atoms with van der Waals surface area (Å²) in [5, 5.41) is 12.3. The number of benzene rings is 2. The number of methoxy groups -OCH3 is 1. The highest BCUT2D eigenvalue weighted by molar-refractivity contribution is 5.68. The van der Waals surface area contributed by atoms with Crippen LogP contribution in [-0.2, 0) is 0 Å². The summed E-state index contributed by atoms with van der Waals surface area (Å²) >= 11 is 0.